The highest BCUT2D eigenvalue weighted by molar-refractivity contribution is 6.03. The summed E-state index contributed by atoms with van der Waals surface area (Å²) in [5.41, 5.74) is 3.68. The number of rotatable bonds is 5. The maximum absolute atomic E-state index is 12.5. The first-order valence-electron chi connectivity index (χ1n) is 8.25. The summed E-state index contributed by atoms with van der Waals surface area (Å²) in [5.74, 6) is 0.244. The molecule has 0 unspecified atom stereocenters. The molecule has 130 valence electrons. The maximum Gasteiger partial charge on any atom is 0.256 e. The SMILES string of the molecule is Cc1cc(C)n(Cc2cccc(C(=O)Nc3cnn(C(C)C)n3)c2)n1. The van der Waals surface area contributed by atoms with Crippen LogP contribution < -0.4 is 5.32 Å². The number of nitrogens with one attached hydrogen (secondary N) is 1. The third kappa shape index (κ3) is 3.93. The van der Waals surface area contributed by atoms with Crippen molar-refractivity contribution in [2.24, 2.45) is 0 Å². The van der Waals surface area contributed by atoms with E-state index in [2.05, 4.69) is 20.6 Å². The largest absolute Gasteiger partial charge is 0.304 e. The zero-order valence-corrected chi connectivity index (χ0v) is 14.9. The van der Waals surface area contributed by atoms with Crippen molar-refractivity contribution in [3.63, 3.8) is 0 Å². The van der Waals surface area contributed by atoms with E-state index >= 15 is 0 Å². The average molecular weight is 338 g/mol. The number of amides is 1. The Hall–Kier alpha value is -2.96. The quantitative estimate of drug-likeness (QED) is 0.776. The van der Waals surface area contributed by atoms with E-state index in [1.807, 2.05) is 56.6 Å². The van der Waals surface area contributed by atoms with Crippen LogP contribution in [0.5, 0.6) is 0 Å². The molecule has 7 heteroatoms. The fraction of sp³-hybridized carbons (Fsp3) is 0.333. The zero-order chi connectivity index (χ0) is 18.0. The lowest BCUT2D eigenvalue weighted by atomic mass is 10.1. The topological polar surface area (TPSA) is 77.6 Å². The van der Waals surface area contributed by atoms with Gasteiger partial charge in [0.25, 0.3) is 5.91 Å². The number of carbonyl (C=O) groups excluding carboxylic acids is 1. The molecule has 0 aliphatic carbocycles. The summed E-state index contributed by atoms with van der Waals surface area (Å²) < 4.78 is 1.93. The minimum absolute atomic E-state index is 0.148. The first-order valence-corrected chi connectivity index (χ1v) is 8.25. The summed E-state index contributed by atoms with van der Waals surface area (Å²) in [6.07, 6.45) is 1.55. The van der Waals surface area contributed by atoms with Crippen LogP contribution in [0.3, 0.4) is 0 Å². The Morgan fingerprint density at radius 1 is 1.20 bits per heavy atom. The van der Waals surface area contributed by atoms with Crippen molar-refractivity contribution >= 4 is 11.7 Å². The fourth-order valence-electron chi connectivity index (χ4n) is 2.59. The number of hydrogen-bond donors (Lipinski definition) is 1. The highest BCUT2D eigenvalue weighted by atomic mass is 16.1. The molecule has 0 atom stereocenters. The van der Waals surface area contributed by atoms with Crippen LogP contribution in [0.2, 0.25) is 0 Å². The molecule has 0 aliphatic heterocycles. The van der Waals surface area contributed by atoms with Gasteiger partial charge in [-0.2, -0.15) is 15.0 Å². The Balaban J connectivity index is 1.73. The van der Waals surface area contributed by atoms with Gasteiger partial charge in [0.2, 0.25) is 0 Å². The standard InChI is InChI=1S/C18H22N6O/c1-12(2)24-19-10-17(22-24)20-18(25)16-7-5-6-15(9-16)11-23-14(4)8-13(3)21-23/h5-10,12H,11H2,1-4H3,(H,20,22,25). The maximum atomic E-state index is 12.5. The van der Waals surface area contributed by atoms with E-state index in [1.54, 1.807) is 17.1 Å². The lowest BCUT2D eigenvalue weighted by Crippen LogP contribution is -2.14. The predicted molar refractivity (Wildman–Crippen MR) is 95.6 cm³/mol. The molecule has 2 aromatic heterocycles. The van der Waals surface area contributed by atoms with Crippen molar-refractivity contribution in [3.05, 3.63) is 59.0 Å². The van der Waals surface area contributed by atoms with Crippen LogP contribution in [0, 0.1) is 13.8 Å². The Morgan fingerprint density at radius 3 is 2.64 bits per heavy atom. The second kappa shape index (κ2) is 6.88. The summed E-state index contributed by atoms with van der Waals surface area (Å²) >= 11 is 0. The first-order chi connectivity index (χ1) is 11.9. The van der Waals surface area contributed by atoms with E-state index in [-0.39, 0.29) is 11.9 Å². The molecule has 0 fully saturated rings. The molecule has 25 heavy (non-hydrogen) atoms. The van der Waals surface area contributed by atoms with Crippen LogP contribution in [-0.2, 0) is 6.54 Å². The number of hydrogen-bond acceptors (Lipinski definition) is 4. The number of nitrogens with zero attached hydrogens (tertiary/aromatic N) is 5. The molecule has 1 amide bonds. The Morgan fingerprint density at radius 2 is 2.00 bits per heavy atom. The van der Waals surface area contributed by atoms with E-state index in [0.717, 1.165) is 17.0 Å². The second-order valence-corrected chi connectivity index (χ2v) is 6.38. The molecule has 7 nitrogen and oxygen atoms in total. The summed E-state index contributed by atoms with van der Waals surface area (Å²) in [6.45, 7) is 8.58. The van der Waals surface area contributed by atoms with E-state index in [4.69, 9.17) is 0 Å². The van der Waals surface area contributed by atoms with Crippen molar-refractivity contribution in [1.82, 2.24) is 24.8 Å². The molecule has 0 spiro atoms. The van der Waals surface area contributed by atoms with E-state index < -0.39 is 0 Å². The number of carbonyl (C=O) groups is 1. The monoisotopic (exact) mass is 338 g/mol. The molecule has 1 aromatic carbocycles. The van der Waals surface area contributed by atoms with Gasteiger partial charge in [0.15, 0.2) is 5.82 Å². The Labute approximate surface area is 146 Å². The number of aromatic nitrogens is 5. The van der Waals surface area contributed by atoms with Crippen molar-refractivity contribution in [3.8, 4) is 0 Å². The molecular formula is C18H22N6O. The molecule has 0 saturated heterocycles. The summed E-state index contributed by atoms with van der Waals surface area (Å²) in [4.78, 5) is 14.0. The zero-order valence-electron chi connectivity index (χ0n) is 14.9. The van der Waals surface area contributed by atoms with Crippen molar-refractivity contribution in [2.45, 2.75) is 40.3 Å². The lowest BCUT2D eigenvalue weighted by molar-refractivity contribution is 0.102. The van der Waals surface area contributed by atoms with Crippen LogP contribution in [0.25, 0.3) is 0 Å². The molecule has 0 aliphatic rings. The third-order valence-corrected chi connectivity index (χ3v) is 3.84. The highest BCUT2D eigenvalue weighted by Gasteiger charge is 2.11. The van der Waals surface area contributed by atoms with Gasteiger partial charge in [0.1, 0.15) is 0 Å². The van der Waals surface area contributed by atoms with Gasteiger partial charge in [-0.15, -0.1) is 5.10 Å². The van der Waals surface area contributed by atoms with E-state index in [0.29, 0.717) is 17.9 Å². The highest BCUT2D eigenvalue weighted by Crippen LogP contribution is 2.12. The Kier molecular flexibility index (Phi) is 4.65. The number of anilines is 1. The van der Waals surface area contributed by atoms with Crippen molar-refractivity contribution in [2.75, 3.05) is 5.32 Å². The van der Waals surface area contributed by atoms with Crippen molar-refractivity contribution < 1.29 is 4.79 Å². The Bertz CT molecular complexity index is 893. The molecule has 0 radical (unpaired) electrons. The molecule has 3 aromatic rings. The van der Waals surface area contributed by atoms with Crippen LogP contribution in [0.1, 0.15) is 47.2 Å². The second-order valence-electron chi connectivity index (χ2n) is 6.38. The van der Waals surface area contributed by atoms with Gasteiger partial charge in [-0.1, -0.05) is 12.1 Å². The van der Waals surface area contributed by atoms with E-state index in [9.17, 15) is 4.79 Å². The predicted octanol–water partition coefficient (Wildman–Crippen LogP) is 2.97. The normalized spacial score (nSPS) is 11.1. The smallest absolute Gasteiger partial charge is 0.256 e. The van der Waals surface area contributed by atoms with Gasteiger partial charge >= 0.3 is 0 Å². The minimum atomic E-state index is -0.203. The number of aryl methyl sites for hydroxylation is 2. The fourth-order valence-corrected chi connectivity index (χ4v) is 2.59. The van der Waals surface area contributed by atoms with Crippen molar-refractivity contribution in [1.29, 1.82) is 0 Å². The van der Waals surface area contributed by atoms with E-state index in [1.165, 1.54) is 0 Å². The summed E-state index contributed by atoms with van der Waals surface area (Å²) in [7, 11) is 0. The minimum Gasteiger partial charge on any atom is -0.304 e. The van der Waals surface area contributed by atoms with Crippen LogP contribution in [0.4, 0.5) is 5.82 Å². The molecule has 0 saturated carbocycles. The van der Waals surface area contributed by atoms with Crippen LogP contribution in [-0.4, -0.2) is 30.7 Å². The first kappa shape index (κ1) is 16.9. The van der Waals surface area contributed by atoms with Gasteiger partial charge in [-0.3, -0.25) is 9.48 Å². The van der Waals surface area contributed by atoms with Crippen LogP contribution >= 0.6 is 0 Å². The van der Waals surface area contributed by atoms with Crippen LogP contribution in [0.15, 0.2) is 36.5 Å². The average Bonchev–Trinajstić information content (AvgIpc) is 3.14. The van der Waals surface area contributed by atoms with Gasteiger partial charge in [0.05, 0.1) is 24.5 Å². The molecule has 2 heterocycles. The van der Waals surface area contributed by atoms with Gasteiger partial charge < -0.3 is 5.32 Å². The summed E-state index contributed by atoms with van der Waals surface area (Å²) in [5, 5.41) is 15.6. The number of benzene rings is 1. The molecular weight excluding hydrogens is 316 g/mol. The molecule has 1 N–H and O–H groups in total. The van der Waals surface area contributed by atoms with Gasteiger partial charge in [-0.25, -0.2) is 0 Å². The molecule has 0 bridgehead atoms. The van der Waals surface area contributed by atoms with Gasteiger partial charge in [-0.05, 0) is 51.5 Å². The van der Waals surface area contributed by atoms with Gasteiger partial charge in [0, 0.05) is 11.3 Å². The lowest BCUT2D eigenvalue weighted by Gasteiger charge is -2.07. The third-order valence-electron chi connectivity index (χ3n) is 3.84. The summed E-state index contributed by atoms with van der Waals surface area (Å²) in [6, 6.07) is 9.71. The molecule has 3 rings (SSSR count).